The number of nitrogens with zero attached hydrogens (tertiary/aromatic N) is 3. The van der Waals surface area contributed by atoms with Crippen LogP contribution in [-0.2, 0) is 14.3 Å². The Bertz CT molecular complexity index is 412. The van der Waals surface area contributed by atoms with Crippen molar-refractivity contribution in [2.24, 2.45) is 10.9 Å². The molecule has 0 spiro atoms. The van der Waals surface area contributed by atoms with Crippen LogP contribution in [0.15, 0.2) is 4.99 Å². The molecule has 1 amide bonds. The molecule has 1 unspecified atom stereocenters. The average molecular weight is 454 g/mol. The lowest BCUT2D eigenvalue weighted by molar-refractivity contribution is -0.130. The van der Waals surface area contributed by atoms with E-state index in [4.69, 9.17) is 9.47 Å². The zero-order valence-electron chi connectivity index (χ0n) is 15.0. The Balaban J connectivity index is 0.00000288. The number of guanidine groups is 1. The molecular formula is C16H31IN4O3. The number of methoxy groups -OCH3 is 1. The first-order valence-electron chi connectivity index (χ1n) is 8.45. The number of rotatable bonds is 4. The van der Waals surface area contributed by atoms with Gasteiger partial charge in [-0.25, -0.2) is 0 Å². The Hall–Kier alpha value is -0.610. The molecule has 2 aliphatic heterocycles. The number of carbonyl (C=O) groups excluding carboxylic acids is 1. The van der Waals surface area contributed by atoms with E-state index in [1.807, 2.05) is 11.9 Å². The molecule has 7 nitrogen and oxygen atoms in total. The predicted molar refractivity (Wildman–Crippen MR) is 105 cm³/mol. The fourth-order valence-corrected chi connectivity index (χ4v) is 3.22. The molecule has 0 bridgehead atoms. The Labute approximate surface area is 162 Å². The van der Waals surface area contributed by atoms with Crippen LogP contribution in [0.3, 0.4) is 0 Å². The van der Waals surface area contributed by atoms with Crippen molar-refractivity contribution < 1.29 is 14.3 Å². The summed E-state index contributed by atoms with van der Waals surface area (Å²) in [5.74, 6) is 1.71. The number of carbonyl (C=O) groups is 1. The van der Waals surface area contributed by atoms with Gasteiger partial charge in [0.25, 0.3) is 0 Å². The van der Waals surface area contributed by atoms with Crippen LogP contribution in [-0.4, -0.2) is 87.9 Å². The van der Waals surface area contributed by atoms with E-state index in [-0.39, 0.29) is 36.0 Å². The number of halogens is 1. The van der Waals surface area contributed by atoms with E-state index in [9.17, 15) is 4.79 Å². The third-order valence-electron chi connectivity index (χ3n) is 4.61. The van der Waals surface area contributed by atoms with Crippen LogP contribution >= 0.6 is 24.0 Å². The van der Waals surface area contributed by atoms with Gasteiger partial charge in [0.2, 0.25) is 5.91 Å². The van der Waals surface area contributed by atoms with Gasteiger partial charge in [-0.05, 0) is 18.8 Å². The number of nitrogens with one attached hydrogen (secondary N) is 1. The molecule has 2 fully saturated rings. The minimum absolute atomic E-state index is 0. The fraction of sp³-hybridized carbons (Fsp3) is 0.875. The number of hydrogen-bond donors (Lipinski definition) is 1. The quantitative estimate of drug-likeness (QED) is 0.387. The molecule has 0 aromatic rings. The summed E-state index contributed by atoms with van der Waals surface area (Å²) < 4.78 is 10.9. The van der Waals surface area contributed by atoms with Gasteiger partial charge in [0.15, 0.2) is 5.96 Å². The summed E-state index contributed by atoms with van der Waals surface area (Å²) in [4.78, 5) is 19.9. The van der Waals surface area contributed by atoms with Crippen molar-refractivity contribution in [3.63, 3.8) is 0 Å². The van der Waals surface area contributed by atoms with E-state index in [1.165, 1.54) is 0 Å². The van der Waals surface area contributed by atoms with E-state index >= 15 is 0 Å². The number of morpholine rings is 1. The molecule has 0 radical (unpaired) electrons. The molecule has 1 N–H and O–H groups in total. The van der Waals surface area contributed by atoms with Crippen molar-refractivity contribution in [2.45, 2.75) is 25.9 Å². The van der Waals surface area contributed by atoms with Gasteiger partial charge in [-0.1, -0.05) is 0 Å². The lowest BCUT2D eigenvalue weighted by Crippen LogP contribution is -2.52. The van der Waals surface area contributed by atoms with Gasteiger partial charge in [0.05, 0.1) is 19.3 Å². The molecule has 2 aliphatic rings. The maximum Gasteiger partial charge on any atom is 0.219 e. The van der Waals surface area contributed by atoms with E-state index in [1.54, 1.807) is 14.0 Å². The first kappa shape index (κ1) is 21.4. The topological polar surface area (TPSA) is 66.4 Å². The van der Waals surface area contributed by atoms with Gasteiger partial charge < -0.3 is 24.6 Å². The van der Waals surface area contributed by atoms with Crippen molar-refractivity contribution in [3.05, 3.63) is 0 Å². The number of likely N-dealkylation sites (tertiary alicyclic amines) is 1. The molecule has 0 aromatic heterocycles. The molecular weight excluding hydrogens is 423 g/mol. The molecule has 8 heteroatoms. The first-order chi connectivity index (χ1) is 11.1. The van der Waals surface area contributed by atoms with Crippen LogP contribution in [0.4, 0.5) is 0 Å². The standard InChI is InChI=1S/C16H30N4O3.HI/c1-13(21)19-6-4-14(5-7-19)10-18-16(17-2)20-8-9-23-15(11-20)12-22-3;/h14-15H,4-12H2,1-3H3,(H,17,18);1H. The predicted octanol–water partition coefficient (Wildman–Crippen LogP) is 0.786. The van der Waals surface area contributed by atoms with Gasteiger partial charge in [-0.15, -0.1) is 24.0 Å². The molecule has 0 aliphatic carbocycles. The van der Waals surface area contributed by atoms with Crippen molar-refractivity contribution in [1.29, 1.82) is 0 Å². The lowest BCUT2D eigenvalue weighted by atomic mass is 9.97. The van der Waals surface area contributed by atoms with E-state index < -0.39 is 0 Å². The highest BCUT2D eigenvalue weighted by atomic mass is 127. The van der Waals surface area contributed by atoms with Crippen LogP contribution in [0.1, 0.15) is 19.8 Å². The average Bonchev–Trinajstić information content (AvgIpc) is 2.56. The fourth-order valence-electron chi connectivity index (χ4n) is 3.22. The maximum absolute atomic E-state index is 11.4. The zero-order valence-corrected chi connectivity index (χ0v) is 17.3. The smallest absolute Gasteiger partial charge is 0.219 e. The third kappa shape index (κ3) is 6.36. The summed E-state index contributed by atoms with van der Waals surface area (Å²) >= 11 is 0. The van der Waals surface area contributed by atoms with Crippen LogP contribution in [0, 0.1) is 5.92 Å². The van der Waals surface area contributed by atoms with Gasteiger partial charge in [0, 0.05) is 53.8 Å². The van der Waals surface area contributed by atoms with Crippen molar-refractivity contribution in [2.75, 3.05) is 60.1 Å². The molecule has 24 heavy (non-hydrogen) atoms. The molecule has 140 valence electrons. The molecule has 0 saturated carbocycles. The monoisotopic (exact) mass is 454 g/mol. The largest absolute Gasteiger partial charge is 0.382 e. The van der Waals surface area contributed by atoms with Crippen molar-refractivity contribution >= 4 is 35.8 Å². The van der Waals surface area contributed by atoms with Gasteiger partial charge in [0.1, 0.15) is 0 Å². The Morgan fingerprint density at radius 3 is 2.58 bits per heavy atom. The van der Waals surface area contributed by atoms with Gasteiger partial charge >= 0.3 is 0 Å². The summed E-state index contributed by atoms with van der Waals surface area (Å²) in [6.45, 7) is 7.25. The van der Waals surface area contributed by atoms with E-state index in [2.05, 4.69) is 15.2 Å². The maximum atomic E-state index is 11.4. The SMILES string of the molecule is CN=C(NCC1CCN(C(C)=O)CC1)N1CCOC(COC)C1.I. The summed E-state index contributed by atoms with van der Waals surface area (Å²) in [6, 6.07) is 0. The van der Waals surface area contributed by atoms with Crippen LogP contribution in [0.2, 0.25) is 0 Å². The molecule has 0 aromatic carbocycles. The van der Waals surface area contributed by atoms with Crippen LogP contribution < -0.4 is 5.32 Å². The van der Waals surface area contributed by atoms with Crippen molar-refractivity contribution in [1.82, 2.24) is 15.1 Å². The second kappa shape index (κ2) is 11.1. The number of amides is 1. The van der Waals surface area contributed by atoms with Gasteiger partial charge in [-0.3, -0.25) is 9.79 Å². The lowest BCUT2D eigenvalue weighted by Gasteiger charge is -2.36. The summed E-state index contributed by atoms with van der Waals surface area (Å²) in [7, 11) is 3.52. The third-order valence-corrected chi connectivity index (χ3v) is 4.61. The van der Waals surface area contributed by atoms with Crippen LogP contribution in [0.5, 0.6) is 0 Å². The molecule has 2 rings (SSSR count). The number of ether oxygens (including phenoxy) is 2. The Morgan fingerprint density at radius 2 is 2.00 bits per heavy atom. The Kier molecular flexibility index (Phi) is 9.91. The zero-order chi connectivity index (χ0) is 16.7. The molecule has 2 heterocycles. The highest BCUT2D eigenvalue weighted by Gasteiger charge is 2.24. The second-order valence-corrected chi connectivity index (χ2v) is 6.27. The number of hydrogen-bond acceptors (Lipinski definition) is 4. The highest BCUT2D eigenvalue weighted by Crippen LogP contribution is 2.16. The Morgan fingerprint density at radius 1 is 1.29 bits per heavy atom. The number of aliphatic imine (C=N–C) groups is 1. The minimum atomic E-state index is 0. The normalized spacial score (nSPS) is 23.0. The summed E-state index contributed by atoms with van der Waals surface area (Å²) in [6.07, 6.45) is 2.21. The summed E-state index contributed by atoms with van der Waals surface area (Å²) in [5.41, 5.74) is 0. The molecule has 1 atom stereocenters. The molecule has 2 saturated heterocycles. The van der Waals surface area contributed by atoms with E-state index in [0.717, 1.165) is 51.5 Å². The minimum Gasteiger partial charge on any atom is -0.382 e. The summed E-state index contributed by atoms with van der Waals surface area (Å²) in [5, 5.41) is 3.49. The number of piperidine rings is 1. The second-order valence-electron chi connectivity index (χ2n) is 6.27. The van der Waals surface area contributed by atoms with Crippen LogP contribution in [0.25, 0.3) is 0 Å². The van der Waals surface area contributed by atoms with Crippen molar-refractivity contribution in [3.8, 4) is 0 Å². The van der Waals surface area contributed by atoms with E-state index in [0.29, 0.717) is 19.1 Å². The first-order valence-corrected chi connectivity index (χ1v) is 8.45. The van der Waals surface area contributed by atoms with Gasteiger partial charge in [-0.2, -0.15) is 0 Å². The highest BCUT2D eigenvalue weighted by molar-refractivity contribution is 14.0.